The van der Waals surface area contributed by atoms with Crippen molar-refractivity contribution in [2.24, 2.45) is 0 Å². The lowest BCUT2D eigenvalue weighted by Crippen LogP contribution is -2.50. The monoisotopic (exact) mass is 918 g/mol. The quantitative estimate of drug-likeness (QED) is 0.0552. The zero-order valence-electron chi connectivity index (χ0n) is 38.3. The maximum atomic E-state index is 15.7. The number of ether oxygens (including phenoxy) is 3. The van der Waals surface area contributed by atoms with Crippen LogP contribution in [0, 0.1) is 0 Å². The van der Waals surface area contributed by atoms with Crippen molar-refractivity contribution in [3.8, 4) is 0 Å². The molecule has 0 heterocycles. The maximum Gasteiger partial charge on any atom is 0.340 e. The van der Waals surface area contributed by atoms with Gasteiger partial charge in [-0.25, -0.2) is 4.79 Å². The molecule has 0 saturated carbocycles. The van der Waals surface area contributed by atoms with Gasteiger partial charge < -0.3 is 19.3 Å². The van der Waals surface area contributed by atoms with Gasteiger partial charge in [0.2, 0.25) is 0 Å². The van der Waals surface area contributed by atoms with E-state index in [1.807, 2.05) is 273 Å². The second-order valence-corrected chi connectivity index (χ2v) is 17.1. The molecule has 9 rings (SSSR count). The molecule has 0 spiro atoms. The van der Waals surface area contributed by atoms with Gasteiger partial charge in [-0.2, -0.15) is 0 Å². The minimum atomic E-state index is -2.90. The van der Waals surface area contributed by atoms with Crippen LogP contribution in [0.5, 0.6) is 0 Å². The summed E-state index contributed by atoms with van der Waals surface area (Å²) in [6.07, 6.45) is -2.03. The number of hydrogen-bond donors (Lipinski definition) is 1. The zero-order chi connectivity index (χ0) is 48.3. The van der Waals surface area contributed by atoms with Crippen LogP contribution in [0.2, 0.25) is 0 Å². The van der Waals surface area contributed by atoms with Gasteiger partial charge in [0.15, 0.2) is 22.4 Å². The molecule has 0 unspecified atom stereocenters. The molecule has 0 aliphatic carbocycles. The van der Waals surface area contributed by atoms with E-state index in [1.54, 1.807) is 0 Å². The minimum absolute atomic E-state index is 0.556. The molecule has 9 aromatic carbocycles. The van der Waals surface area contributed by atoms with E-state index < -0.39 is 53.2 Å². The smallest absolute Gasteiger partial charge is 0.340 e. The second-order valence-electron chi connectivity index (χ2n) is 17.1. The average molecular weight is 919 g/mol. The maximum absolute atomic E-state index is 15.7. The number of hydrogen-bond acceptors (Lipinski definition) is 7. The van der Waals surface area contributed by atoms with E-state index in [0.29, 0.717) is 50.1 Å². The summed E-state index contributed by atoms with van der Waals surface area (Å²) in [6, 6.07) is 83.2. The number of carbonyl (C=O) groups is 3. The summed E-state index contributed by atoms with van der Waals surface area (Å²) in [5, 5.41) is 13.4. The van der Waals surface area contributed by atoms with Crippen molar-refractivity contribution >= 4 is 17.9 Å². The fourth-order valence-corrected chi connectivity index (χ4v) is 9.42. The first-order valence-electron chi connectivity index (χ1n) is 23.2. The third-order valence-electron chi connectivity index (χ3n) is 12.7. The molecule has 0 bridgehead atoms. The van der Waals surface area contributed by atoms with Crippen molar-refractivity contribution < 1.29 is 33.7 Å². The molecule has 0 amide bonds. The van der Waals surface area contributed by atoms with Crippen LogP contribution in [0.4, 0.5) is 0 Å². The summed E-state index contributed by atoms with van der Waals surface area (Å²) < 4.78 is 20.3. The summed E-state index contributed by atoms with van der Waals surface area (Å²) in [4.78, 5) is 46.3. The Labute approximate surface area is 408 Å². The molecule has 0 aliphatic heterocycles. The number of esters is 3. The summed E-state index contributed by atoms with van der Waals surface area (Å²) in [5.41, 5.74) is -2.39. The van der Waals surface area contributed by atoms with E-state index >= 15 is 14.4 Å². The summed E-state index contributed by atoms with van der Waals surface area (Å²) >= 11 is 0. The predicted molar refractivity (Wildman–Crippen MR) is 270 cm³/mol. The van der Waals surface area contributed by atoms with E-state index in [4.69, 9.17) is 14.2 Å². The molecule has 0 radical (unpaired) electrons. The van der Waals surface area contributed by atoms with Gasteiger partial charge in [-0.05, 0) is 0 Å². The van der Waals surface area contributed by atoms with Gasteiger partial charge in [0, 0.05) is 50.1 Å². The second kappa shape index (κ2) is 20.7. The number of carbonyl (C=O) groups excluding carboxylic acids is 3. The molecular formula is C63H50O7. The molecule has 0 fully saturated rings. The van der Waals surface area contributed by atoms with Gasteiger partial charge in [-0.1, -0.05) is 273 Å². The third-order valence-corrected chi connectivity index (χ3v) is 12.7. The molecule has 7 nitrogen and oxygen atoms in total. The molecule has 70 heavy (non-hydrogen) atoms. The Balaban J connectivity index is 1.20. The number of benzene rings is 9. The largest absolute Gasteiger partial charge is 0.444 e. The summed E-state index contributed by atoms with van der Waals surface area (Å²) in [5.74, 6) is -3.24. The molecule has 0 saturated heterocycles. The van der Waals surface area contributed by atoms with Gasteiger partial charge in [0.05, 0.1) is 12.8 Å². The fraction of sp³-hybridized carbons (Fsp3) is 0.0952. The van der Waals surface area contributed by atoms with Crippen LogP contribution in [0.15, 0.2) is 273 Å². The molecule has 9 aromatic rings. The van der Waals surface area contributed by atoms with E-state index in [1.165, 1.54) is 0 Å². The van der Waals surface area contributed by atoms with E-state index in [0.717, 1.165) is 0 Å². The van der Waals surface area contributed by atoms with Gasteiger partial charge in [0.1, 0.15) is 0 Å². The highest BCUT2D eigenvalue weighted by Crippen LogP contribution is 2.45. The normalized spacial score (nSPS) is 11.8. The molecule has 344 valence electrons. The number of aliphatic hydroxyl groups is 1. The van der Waals surface area contributed by atoms with Crippen LogP contribution in [0.1, 0.15) is 62.9 Å². The molecule has 0 atom stereocenters. The Bertz CT molecular complexity index is 2670. The molecular weight excluding hydrogens is 869 g/mol. The average Bonchev–Trinajstić information content (AvgIpc) is 3.43. The van der Waals surface area contributed by atoms with E-state index in [2.05, 4.69) is 0 Å². The summed E-state index contributed by atoms with van der Waals surface area (Å²) in [7, 11) is 0. The Kier molecular flexibility index (Phi) is 13.7. The van der Waals surface area contributed by atoms with Gasteiger partial charge in [-0.3, -0.25) is 9.59 Å². The Morgan fingerprint density at radius 3 is 0.600 bits per heavy atom. The summed E-state index contributed by atoms with van der Waals surface area (Å²) in [6.45, 7) is 0. The fourth-order valence-electron chi connectivity index (χ4n) is 9.42. The lowest BCUT2D eigenvalue weighted by atomic mass is 9.79. The lowest BCUT2D eigenvalue weighted by molar-refractivity contribution is -0.188. The Morgan fingerprint density at radius 1 is 0.271 bits per heavy atom. The first kappa shape index (κ1) is 46.5. The molecule has 0 aliphatic rings. The van der Waals surface area contributed by atoms with Crippen molar-refractivity contribution in [1.82, 2.24) is 0 Å². The Hall–Kier alpha value is -8.65. The standard InChI is InChI=1S/C63H50O7/c64-57(68-61(48-28-10-1-11-29-48,49-30-12-2-13-31-49)50-32-14-3-15-33-50)46-60(67,59(66)70-63(54-40-22-7-23-41-54,55-42-24-8-25-43-55)56-44-26-9-27-45-56)47-58(65)69-62(51-34-16-4-17-35-51,52-36-18-5-19-37-52)53-38-20-6-21-39-53/h1-45,67H,46-47H2. The third kappa shape index (κ3) is 9.18. The van der Waals surface area contributed by atoms with Crippen LogP contribution in [0.3, 0.4) is 0 Å². The van der Waals surface area contributed by atoms with E-state index in [-0.39, 0.29) is 0 Å². The van der Waals surface area contributed by atoms with Crippen LogP contribution in [-0.4, -0.2) is 28.6 Å². The minimum Gasteiger partial charge on any atom is -0.444 e. The van der Waals surface area contributed by atoms with Gasteiger partial charge >= 0.3 is 17.9 Å². The molecule has 1 N–H and O–H groups in total. The lowest BCUT2D eigenvalue weighted by Gasteiger charge is -2.39. The van der Waals surface area contributed by atoms with E-state index in [9.17, 15) is 5.11 Å². The molecule has 7 heteroatoms. The van der Waals surface area contributed by atoms with Crippen LogP contribution in [0.25, 0.3) is 0 Å². The van der Waals surface area contributed by atoms with Crippen LogP contribution < -0.4 is 0 Å². The van der Waals surface area contributed by atoms with Crippen LogP contribution >= 0.6 is 0 Å². The SMILES string of the molecule is O=C(CC(O)(CC(=O)OC(c1ccccc1)(c1ccccc1)c1ccccc1)C(=O)OC(c1ccccc1)(c1ccccc1)c1ccccc1)OC(c1ccccc1)(c1ccccc1)c1ccccc1. The Morgan fingerprint density at radius 2 is 0.429 bits per heavy atom. The molecule has 0 aromatic heterocycles. The first-order valence-corrected chi connectivity index (χ1v) is 23.2. The highest BCUT2D eigenvalue weighted by atomic mass is 16.6. The van der Waals surface area contributed by atoms with Crippen molar-refractivity contribution in [3.05, 3.63) is 323 Å². The zero-order valence-corrected chi connectivity index (χ0v) is 38.3. The topological polar surface area (TPSA) is 99.1 Å². The van der Waals surface area contributed by atoms with Gasteiger partial charge in [0.25, 0.3) is 0 Å². The first-order chi connectivity index (χ1) is 34.3. The van der Waals surface area contributed by atoms with Crippen molar-refractivity contribution in [3.63, 3.8) is 0 Å². The van der Waals surface area contributed by atoms with Crippen molar-refractivity contribution in [1.29, 1.82) is 0 Å². The highest BCUT2D eigenvalue weighted by molar-refractivity contribution is 5.91. The van der Waals surface area contributed by atoms with Crippen molar-refractivity contribution in [2.45, 2.75) is 35.2 Å². The van der Waals surface area contributed by atoms with Crippen molar-refractivity contribution in [2.75, 3.05) is 0 Å². The highest BCUT2D eigenvalue weighted by Gasteiger charge is 2.52. The predicted octanol–water partition coefficient (Wildman–Crippen LogP) is 12.1. The van der Waals surface area contributed by atoms with Gasteiger partial charge in [-0.15, -0.1) is 0 Å². The number of rotatable bonds is 17. The van der Waals surface area contributed by atoms with Crippen LogP contribution in [-0.2, 0) is 45.4 Å².